The lowest BCUT2D eigenvalue weighted by Gasteiger charge is -2.14. The highest BCUT2D eigenvalue weighted by Gasteiger charge is 2.45. The van der Waals surface area contributed by atoms with Crippen LogP contribution in [0.5, 0.6) is 0 Å². The number of rotatable bonds is 5. The fraction of sp³-hybridized carbons (Fsp3) is 0.412. The van der Waals surface area contributed by atoms with Crippen molar-refractivity contribution in [2.24, 2.45) is 0 Å². The van der Waals surface area contributed by atoms with Gasteiger partial charge in [-0.25, -0.2) is 9.48 Å². The highest BCUT2D eigenvalue weighted by atomic mass is 16.6. The van der Waals surface area contributed by atoms with Crippen LogP contribution in [0.3, 0.4) is 0 Å². The number of cyclic esters (lactones) is 1. The maximum atomic E-state index is 12.2. The first kappa shape index (κ1) is 15.6. The van der Waals surface area contributed by atoms with E-state index in [1.165, 1.54) is 10.9 Å². The zero-order chi connectivity index (χ0) is 17.4. The molecule has 0 bridgehead atoms. The van der Waals surface area contributed by atoms with Gasteiger partial charge in [-0.2, -0.15) is 5.26 Å². The van der Waals surface area contributed by atoms with Crippen molar-refractivity contribution in [3.63, 3.8) is 0 Å². The van der Waals surface area contributed by atoms with Crippen molar-refractivity contribution >= 4 is 11.8 Å². The standard InChI is InChI=1S/C17H17N5O3/c18-11-17(5-6-17)12-1-3-13(4-2-12)21-8-15(25-16(21)24)9-22-14(10-23)7-19-20-22/h1-4,7,15,23H,5-6,8-10H2. The molecule has 2 aliphatic rings. The molecule has 128 valence electrons. The number of nitrogens with zero attached hydrogens (tertiary/aromatic N) is 5. The zero-order valence-electron chi connectivity index (χ0n) is 13.5. The van der Waals surface area contributed by atoms with E-state index in [-0.39, 0.29) is 18.1 Å². The lowest BCUT2D eigenvalue weighted by atomic mass is 9.97. The molecule has 8 nitrogen and oxygen atoms in total. The third kappa shape index (κ3) is 2.72. The summed E-state index contributed by atoms with van der Waals surface area (Å²) < 4.78 is 6.93. The number of anilines is 1. The molecule has 1 aliphatic carbocycles. The Kier molecular flexibility index (Phi) is 3.66. The van der Waals surface area contributed by atoms with Gasteiger partial charge in [-0.3, -0.25) is 4.90 Å². The number of nitriles is 1. The normalized spacial score (nSPS) is 21.0. The van der Waals surface area contributed by atoms with Gasteiger partial charge < -0.3 is 9.84 Å². The maximum Gasteiger partial charge on any atom is 0.414 e. The summed E-state index contributed by atoms with van der Waals surface area (Å²) in [7, 11) is 0. The fourth-order valence-corrected chi connectivity index (χ4v) is 3.13. The molecule has 1 saturated carbocycles. The second-order valence-corrected chi connectivity index (χ2v) is 6.42. The van der Waals surface area contributed by atoms with Crippen molar-refractivity contribution in [3.8, 4) is 6.07 Å². The van der Waals surface area contributed by atoms with Crippen LogP contribution in [0.2, 0.25) is 0 Å². The number of aromatic nitrogens is 3. The minimum atomic E-state index is -0.412. The Labute approximate surface area is 144 Å². The molecular weight excluding hydrogens is 322 g/mol. The molecule has 1 aromatic carbocycles. The molecule has 0 radical (unpaired) electrons. The summed E-state index contributed by atoms with van der Waals surface area (Å²) in [5.41, 5.74) is 1.98. The van der Waals surface area contributed by atoms with Gasteiger partial charge in [0.05, 0.1) is 43.1 Å². The minimum absolute atomic E-state index is 0.167. The molecule has 2 aromatic rings. The Morgan fingerprint density at radius 3 is 2.76 bits per heavy atom. The molecule has 0 spiro atoms. The van der Waals surface area contributed by atoms with Gasteiger partial charge in [0.25, 0.3) is 0 Å². The molecule has 1 amide bonds. The average molecular weight is 339 g/mol. The SMILES string of the molecule is N#CC1(c2ccc(N3CC(Cn4nncc4CO)OC3=O)cc2)CC1. The van der Waals surface area contributed by atoms with Gasteiger partial charge in [-0.05, 0) is 30.5 Å². The number of amides is 1. The summed E-state index contributed by atoms with van der Waals surface area (Å²) in [6.45, 7) is 0.569. The number of carbonyl (C=O) groups is 1. The lowest BCUT2D eigenvalue weighted by molar-refractivity contribution is 0.127. The Bertz CT molecular complexity index is 835. The zero-order valence-corrected chi connectivity index (χ0v) is 13.5. The van der Waals surface area contributed by atoms with E-state index in [4.69, 9.17) is 4.74 Å². The Morgan fingerprint density at radius 1 is 1.36 bits per heavy atom. The minimum Gasteiger partial charge on any atom is -0.442 e. The third-order valence-corrected chi connectivity index (χ3v) is 4.81. The van der Waals surface area contributed by atoms with Crippen LogP contribution in [-0.2, 0) is 23.3 Å². The maximum absolute atomic E-state index is 12.2. The van der Waals surface area contributed by atoms with Crippen LogP contribution in [0.1, 0.15) is 24.1 Å². The van der Waals surface area contributed by atoms with E-state index in [9.17, 15) is 15.2 Å². The van der Waals surface area contributed by atoms with Gasteiger partial charge in [0.15, 0.2) is 0 Å². The summed E-state index contributed by atoms with van der Waals surface area (Å²) in [4.78, 5) is 13.7. The summed E-state index contributed by atoms with van der Waals surface area (Å²) in [5.74, 6) is 0. The first-order valence-corrected chi connectivity index (χ1v) is 8.13. The highest BCUT2D eigenvalue weighted by molar-refractivity contribution is 5.89. The second kappa shape index (κ2) is 5.86. The number of carbonyl (C=O) groups excluding carboxylic acids is 1. The average Bonchev–Trinajstić information content (AvgIpc) is 3.17. The van der Waals surface area contributed by atoms with Crippen molar-refractivity contribution in [1.29, 1.82) is 5.26 Å². The molecule has 1 saturated heterocycles. The smallest absolute Gasteiger partial charge is 0.414 e. The molecule has 8 heteroatoms. The quantitative estimate of drug-likeness (QED) is 0.882. The molecule has 1 N–H and O–H groups in total. The Morgan fingerprint density at radius 2 is 2.12 bits per heavy atom. The van der Waals surface area contributed by atoms with Gasteiger partial charge in [0, 0.05) is 5.69 Å². The van der Waals surface area contributed by atoms with E-state index in [1.807, 2.05) is 24.3 Å². The van der Waals surface area contributed by atoms with Gasteiger partial charge in [-0.1, -0.05) is 17.3 Å². The van der Waals surface area contributed by atoms with Crippen molar-refractivity contribution in [2.75, 3.05) is 11.4 Å². The Balaban J connectivity index is 1.46. The van der Waals surface area contributed by atoms with E-state index < -0.39 is 6.09 Å². The van der Waals surface area contributed by atoms with E-state index in [0.717, 1.165) is 24.1 Å². The summed E-state index contributed by atoms with van der Waals surface area (Å²) in [6, 6.07) is 9.89. The lowest BCUT2D eigenvalue weighted by Crippen LogP contribution is -2.26. The molecule has 1 unspecified atom stereocenters. The fourth-order valence-electron chi connectivity index (χ4n) is 3.13. The number of hydrogen-bond donors (Lipinski definition) is 1. The first-order chi connectivity index (χ1) is 12.1. The van der Waals surface area contributed by atoms with Crippen LogP contribution < -0.4 is 4.90 Å². The van der Waals surface area contributed by atoms with Crippen LogP contribution in [0.25, 0.3) is 0 Å². The van der Waals surface area contributed by atoms with Gasteiger partial charge in [-0.15, -0.1) is 5.10 Å². The number of aliphatic hydroxyl groups excluding tert-OH is 1. The van der Waals surface area contributed by atoms with Crippen molar-refractivity contribution in [2.45, 2.75) is 37.5 Å². The molecule has 25 heavy (non-hydrogen) atoms. The van der Waals surface area contributed by atoms with Crippen molar-refractivity contribution in [1.82, 2.24) is 15.0 Å². The summed E-state index contributed by atoms with van der Waals surface area (Å²) in [6.07, 6.45) is 2.48. The van der Waals surface area contributed by atoms with Gasteiger partial charge >= 0.3 is 6.09 Å². The van der Waals surface area contributed by atoms with E-state index in [1.54, 1.807) is 4.90 Å². The number of aliphatic hydroxyl groups is 1. The van der Waals surface area contributed by atoms with E-state index in [0.29, 0.717) is 18.8 Å². The van der Waals surface area contributed by atoms with Crippen LogP contribution in [-0.4, -0.2) is 38.8 Å². The largest absolute Gasteiger partial charge is 0.442 e. The molecule has 1 aliphatic heterocycles. The highest BCUT2D eigenvalue weighted by Crippen LogP contribution is 2.47. The van der Waals surface area contributed by atoms with E-state index >= 15 is 0 Å². The molecular formula is C17H17N5O3. The predicted octanol–water partition coefficient (Wildman–Crippen LogP) is 1.35. The Hall–Kier alpha value is -2.92. The molecule has 2 fully saturated rings. The number of hydrogen-bond acceptors (Lipinski definition) is 6. The predicted molar refractivity (Wildman–Crippen MR) is 86.5 cm³/mol. The summed E-state index contributed by atoms with van der Waals surface area (Å²) >= 11 is 0. The molecule has 1 aromatic heterocycles. The van der Waals surface area contributed by atoms with Gasteiger partial charge in [0.2, 0.25) is 0 Å². The third-order valence-electron chi connectivity index (χ3n) is 4.81. The molecule has 1 atom stereocenters. The molecule has 2 heterocycles. The number of benzene rings is 1. The molecule has 4 rings (SSSR count). The topological polar surface area (TPSA) is 104 Å². The van der Waals surface area contributed by atoms with E-state index in [2.05, 4.69) is 16.4 Å². The van der Waals surface area contributed by atoms with Crippen molar-refractivity contribution < 1.29 is 14.6 Å². The summed E-state index contributed by atoms with van der Waals surface area (Å²) in [5, 5.41) is 26.2. The first-order valence-electron chi connectivity index (χ1n) is 8.13. The second-order valence-electron chi connectivity index (χ2n) is 6.42. The van der Waals surface area contributed by atoms with Crippen molar-refractivity contribution in [3.05, 3.63) is 41.7 Å². The van der Waals surface area contributed by atoms with Crippen LogP contribution >= 0.6 is 0 Å². The van der Waals surface area contributed by atoms with Gasteiger partial charge in [0.1, 0.15) is 6.10 Å². The monoisotopic (exact) mass is 339 g/mol. The van der Waals surface area contributed by atoms with Crippen LogP contribution in [0.15, 0.2) is 30.5 Å². The number of ether oxygens (including phenoxy) is 1. The van der Waals surface area contributed by atoms with Crippen LogP contribution in [0.4, 0.5) is 10.5 Å². The van der Waals surface area contributed by atoms with Crippen LogP contribution in [0, 0.1) is 11.3 Å².